The van der Waals surface area contributed by atoms with Crippen molar-refractivity contribution in [2.75, 3.05) is 26.7 Å². The molecule has 4 heteroatoms. The summed E-state index contributed by atoms with van der Waals surface area (Å²) in [6.45, 7) is 7.56. The van der Waals surface area contributed by atoms with Crippen molar-refractivity contribution < 1.29 is 9.13 Å². The molecule has 0 fully saturated rings. The maximum atomic E-state index is 13.7. The smallest absolute Gasteiger partial charge is 0.127 e. The summed E-state index contributed by atoms with van der Waals surface area (Å²) in [5.41, 5.74) is 1.94. The first-order valence-corrected chi connectivity index (χ1v) is 8.51. The zero-order valence-electron chi connectivity index (χ0n) is 14.8. The molecule has 0 aliphatic rings. The van der Waals surface area contributed by atoms with Crippen molar-refractivity contribution in [1.82, 2.24) is 10.2 Å². The summed E-state index contributed by atoms with van der Waals surface area (Å²) in [6, 6.07) is 15.3. The lowest BCUT2D eigenvalue weighted by molar-refractivity contribution is 0.212. The maximum absolute atomic E-state index is 13.7. The fourth-order valence-electron chi connectivity index (χ4n) is 2.93. The van der Waals surface area contributed by atoms with Crippen LogP contribution in [0.2, 0.25) is 0 Å². The Morgan fingerprint density at radius 2 is 1.71 bits per heavy atom. The lowest BCUT2D eigenvalue weighted by Crippen LogP contribution is -2.35. The first-order chi connectivity index (χ1) is 11.7. The van der Waals surface area contributed by atoms with Crippen molar-refractivity contribution in [2.45, 2.75) is 26.4 Å². The molecule has 0 saturated heterocycles. The van der Waals surface area contributed by atoms with E-state index in [0.717, 1.165) is 25.4 Å². The van der Waals surface area contributed by atoms with Crippen LogP contribution < -0.4 is 10.1 Å². The number of hydrogen-bond acceptors (Lipinski definition) is 3. The highest BCUT2D eigenvalue weighted by molar-refractivity contribution is 5.29. The van der Waals surface area contributed by atoms with Gasteiger partial charge < -0.3 is 10.1 Å². The zero-order valence-corrected chi connectivity index (χ0v) is 14.8. The molecule has 1 N–H and O–H groups in total. The average molecular weight is 330 g/mol. The van der Waals surface area contributed by atoms with E-state index in [2.05, 4.69) is 36.2 Å². The van der Waals surface area contributed by atoms with Gasteiger partial charge in [-0.3, -0.25) is 4.90 Å². The Kier molecular flexibility index (Phi) is 7.22. The fraction of sp³-hybridized carbons (Fsp3) is 0.400. The Labute approximate surface area is 144 Å². The van der Waals surface area contributed by atoms with Crippen LogP contribution in [0.4, 0.5) is 4.39 Å². The second-order valence-electron chi connectivity index (χ2n) is 5.73. The minimum atomic E-state index is -0.158. The van der Waals surface area contributed by atoms with E-state index < -0.39 is 0 Å². The van der Waals surface area contributed by atoms with E-state index >= 15 is 0 Å². The Hall–Kier alpha value is -1.91. The molecule has 0 amide bonds. The Bertz CT molecular complexity index is 611. The molecule has 0 heterocycles. The Morgan fingerprint density at radius 3 is 2.29 bits per heavy atom. The number of nitrogens with one attached hydrogen (secondary N) is 1. The van der Waals surface area contributed by atoms with E-state index in [-0.39, 0.29) is 11.9 Å². The summed E-state index contributed by atoms with van der Waals surface area (Å²) in [5, 5.41) is 3.41. The van der Waals surface area contributed by atoms with Crippen LogP contribution >= 0.6 is 0 Å². The predicted molar refractivity (Wildman–Crippen MR) is 96.8 cm³/mol. The number of rotatable bonds is 9. The van der Waals surface area contributed by atoms with Crippen molar-refractivity contribution in [3.63, 3.8) is 0 Å². The first kappa shape index (κ1) is 18.4. The summed E-state index contributed by atoms with van der Waals surface area (Å²) in [5.74, 6) is 0.699. The van der Waals surface area contributed by atoms with Crippen LogP contribution in [0.25, 0.3) is 0 Å². The maximum Gasteiger partial charge on any atom is 0.127 e. The molecule has 0 aliphatic heterocycles. The number of likely N-dealkylation sites (N-methyl/N-ethyl adjacent to an activating group) is 1. The summed E-state index contributed by atoms with van der Waals surface area (Å²) in [7, 11) is 1.67. The highest BCUT2D eigenvalue weighted by Gasteiger charge is 2.17. The topological polar surface area (TPSA) is 24.5 Å². The quantitative estimate of drug-likeness (QED) is 0.752. The third kappa shape index (κ3) is 4.79. The van der Waals surface area contributed by atoms with Gasteiger partial charge >= 0.3 is 0 Å². The van der Waals surface area contributed by atoms with Crippen LogP contribution in [-0.2, 0) is 6.54 Å². The van der Waals surface area contributed by atoms with Crippen LogP contribution in [0.15, 0.2) is 48.5 Å². The van der Waals surface area contributed by atoms with E-state index in [1.54, 1.807) is 13.2 Å². The summed E-state index contributed by atoms with van der Waals surface area (Å²) < 4.78 is 19.0. The van der Waals surface area contributed by atoms with E-state index in [0.29, 0.717) is 12.1 Å². The number of methoxy groups -OCH3 is 1. The molecule has 0 saturated carbocycles. The monoisotopic (exact) mass is 330 g/mol. The van der Waals surface area contributed by atoms with Gasteiger partial charge in [0.2, 0.25) is 0 Å². The largest absolute Gasteiger partial charge is 0.497 e. The molecular formula is C20H27FN2O. The number of ether oxygens (including phenoxy) is 1. The van der Waals surface area contributed by atoms with Gasteiger partial charge in [-0.25, -0.2) is 4.39 Å². The molecule has 0 aromatic heterocycles. The van der Waals surface area contributed by atoms with Gasteiger partial charge in [0, 0.05) is 24.7 Å². The molecule has 1 atom stereocenters. The molecule has 1 unspecified atom stereocenters. The molecule has 2 rings (SSSR count). The number of benzene rings is 2. The predicted octanol–water partition coefficient (Wildman–Crippen LogP) is 4.01. The van der Waals surface area contributed by atoms with Crippen molar-refractivity contribution >= 4 is 0 Å². The Balaban J connectivity index is 2.07. The van der Waals surface area contributed by atoms with Gasteiger partial charge in [-0.1, -0.05) is 44.2 Å². The molecule has 3 nitrogen and oxygen atoms in total. The average Bonchev–Trinajstić information content (AvgIpc) is 2.63. The lowest BCUT2D eigenvalue weighted by atomic mass is 10.0. The van der Waals surface area contributed by atoms with Crippen LogP contribution in [0.5, 0.6) is 5.75 Å². The fourth-order valence-corrected chi connectivity index (χ4v) is 2.93. The van der Waals surface area contributed by atoms with E-state index in [1.165, 1.54) is 11.6 Å². The van der Waals surface area contributed by atoms with Crippen LogP contribution in [0.1, 0.15) is 31.0 Å². The van der Waals surface area contributed by atoms with E-state index in [4.69, 9.17) is 4.74 Å². The first-order valence-electron chi connectivity index (χ1n) is 8.51. The van der Waals surface area contributed by atoms with Crippen molar-refractivity contribution in [1.29, 1.82) is 0 Å². The van der Waals surface area contributed by atoms with Gasteiger partial charge in [0.25, 0.3) is 0 Å². The third-order valence-corrected chi connectivity index (χ3v) is 4.36. The van der Waals surface area contributed by atoms with Crippen LogP contribution in [-0.4, -0.2) is 31.6 Å². The van der Waals surface area contributed by atoms with Crippen LogP contribution in [0, 0.1) is 5.82 Å². The molecule has 130 valence electrons. The second-order valence-corrected chi connectivity index (χ2v) is 5.73. The summed E-state index contributed by atoms with van der Waals surface area (Å²) >= 11 is 0. The standard InChI is InChI=1S/C20H27FN2O/c1-4-23(5-2)20(16-10-12-18(24-3)13-11-16)15-22-14-17-8-6-7-9-19(17)21/h6-13,20,22H,4-5,14-15H2,1-3H3. The summed E-state index contributed by atoms with van der Waals surface area (Å²) in [6.07, 6.45) is 0. The van der Waals surface area contributed by atoms with Gasteiger partial charge in [-0.2, -0.15) is 0 Å². The van der Waals surface area contributed by atoms with Gasteiger partial charge in [0.05, 0.1) is 7.11 Å². The minimum absolute atomic E-state index is 0.158. The number of halogens is 1. The molecule has 2 aromatic carbocycles. The molecule has 2 aromatic rings. The van der Waals surface area contributed by atoms with Crippen LogP contribution in [0.3, 0.4) is 0 Å². The molecule has 0 spiro atoms. The van der Waals surface area contributed by atoms with Gasteiger partial charge in [-0.15, -0.1) is 0 Å². The van der Waals surface area contributed by atoms with E-state index in [9.17, 15) is 4.39 Å². The highest BCUT2D eigenvalue weighted by Crippen LogP contribution is 2.22. The van der Waals surface area contributed by atoms with E-state index in [1.807, 2.05) is 24.3 Å². The SMILES string of the molecule is CCN(CC)C(CNCc1ccccc1F)c1ccc(OC)cc1. The van der Waals surface area contributed by atoms with Crippen molar-refractivity contribution in [3.8, 4) is 5.75 Å². The van der Waals surface area contributed by atoms with Crippen molar-refractivity contribution in [2.24, 2.45) is 0 Å². The lowest BCUT2D eigenvalue weighted by Gasteiger charge is -2.30. The molecular weight excluding hydrogens is 303 g/mol. The number of nitrogens with zero attached hydrogens (tertiary/aromatic N) is 1. The molecule has 0 bridgehead atoms. The molecule has 24 heavy (non-hydrogen) atoms. The summed E-state index contributed by atoms with van der Waals surface area (Å²) in [4.78, 5) is 2.40. The van der Waals surface area contributed by atoms with Crippen molar-refractivity contribution in [3.05, 3.63) is 65.5 Å². The van der Waals surface area contributed by atoms with Gasteiger partial charge in [-0.05, 0) is 36.9 Å². The normalized spacial score (nSPS) is 12.4. The van der Waals surface area contributed by atoms with Gasteiger partial charge in [0.15, 0.2) is 0 Å². The second kappa shape index (κ2) is 9.40. The molecule has 0 aliphatic carbocycles. The number of hydrogen-bond donors (Lipinski definition) is 1. The highest BCUT2D eigenvalue weighted by atomic mass is 19.1. The zero-order chi connectivity index (χ0) is 17.4. The third-order valence-electron chi connectivity index (χ3n) is 4.36. The Morgan fingerprint density at radius 1 is 1.04 bits per heavy atom. The minimum Gasteiger partial charge on any atom is -0.497 e. The van der Waals surface area contributed by atoms with Gasteiger partial charge in [0.1, 0.15) is 11.6 Å². The molecule has 0 radical (unpaired) electrons.